The molecule has 0 bridgehead atoms. The average molecular weight is 408 g/mol. The summed E-state index contributed by atoms with van der Waals surface area (Å²) in [5.41, 5.74) is 2.48. The molecule has 4 rings (SSSR count). The van der Waals surface area contributed by atoms with Crippen LogP contribution in [0.5, 0.6) is 5.75 Å². The van der Waals surface area contributed by atoms with Crippen molar-refractivity contribution in [2.24, 2.45) is 7.05 Å². The number of rotatable bonds is 5. The number of aryl methyl sites for hydroxylation is 2. The Bertz CT molecular complexity index is 1240. The lowest BCUT2D eigenvalue weighted by Gasteiger charge is -2.14. The second-order valence-corrected chi connectivity index (χ2v) is 6.79. The molecule has 0 aliphatic carbocycles. The molecule has 4 aromatic rings. The first-order valence-electron chi connectivity index (χ1n) is 9.21. The van der Waals surface area contributed by atoms with Crippen LogP contribution in [0.2, 0.25) is 0 Å². The van der Waals surface area contributed by atoms with Crippen LogP contribution < -0.4 is 10.4 Å². The molecule has 0 spiro atoms. The van der Waals surface area contributed by atoms with E-state index in [9.17, 15) is 13.6 Å². The third-order valence-electron chi connectivity index (χ3n) is 4.80. The lowest BCUT2D eigenvalue weighted by Crippen LogP contribution is -2.23. The molecular formula is C22H18F2N4O2. The molecule has 30 heavy (non-hydrogen) atoms. The van der Waals surface area contributed by atoms with Gasteiger partial charge in [0.05, 0.1) is 5.69 Å². The fourth-order valence-electron chi connectivity index (χ4n) is 3.18. The zero-order valence-corrected chi connectivity index (χ0v) is 16.3. The van der Waals surface area contributed by atoms with Gasteiger partial charge in [0.25, 0.3) is 0 Å². The standard InChI is InChI=1S/C22H18F2N4O2/c1-14-7-6-10-20(28-22(29)27(2)25-26-28)17(14)13-30-21-18(23)11-16(12-19(21)24)15-8-4-3-5-9-15/h3-12H,13H2,1-2H3. The van der Waals surface area contributed by atoms with Crippen LogP contribution in [0.25, 0.3) is 16.8 Å². The summed E-state index contributed by atoms with van der Waals surface area (Å²) in [6, 6.07) is 16.7. The van der Waals surface area contributed by atoms with E-state index >= 15 is 0 Å². The maximum atomic E-state index is 14.6. The maximum Gasteiger partial charge on any atom is 0.368 e. The summed E-state index contributed by atoms with van der Waals surface area (Å²) in [5, 5.41) is 7.54. The Hall–Kier alpha value is -3.81. The Morgan fingerprint density at radius 3 is 2.27 bits per heavy atom. The molecule has 0 unspecified atom stereocenters. The molecule has 8 heteroatoms. The monoisotopic (exact) mass is 408 g/mol. The highest BCUT2D eigenvalue weighted by molar-refractivity contribution is 5.64. The van der Waals surface area contributed by atoms with Crippen molar-refractivity contribution in [3.8, 4) is 22.6 Å². The highest BCUT2D eigenvalue weighted by atomic mass is 19.1. The van der Waals surface area contributed by atoms with Gasteiger partial charge in [-0.3, -0.25) is 0 Å². The quantitative estimate of drug-likeness (QED) is 0.504. The number of halogens is 2. The molecule has 6 nitrogen and oxygen atoms in total. The fraction of sp³-hybridized carbons (Fsp3) is 0.136. The topological polar surface area (TPSA) is 61.9 Å². The number of hydrogen-bond acceptors (Lipinski definition) is 4. The molecule has 152 valence electrons. The van der Waals surface area contributed by atoms with Crippen LogP contribution in [0.15, 0.2) is 65.5 Å². The van der Waals surface area contributed by atoms with E-state index in [0.717, 1.165) is 14.9 Å². The van der Waals surface area contributed by atoms with E-state index < -0.39 is 23.1 Å². The zero-order valence-electron chi connectivity index (χ0n) is 16.3. The Balaban J connectivity index is 1.66. The summed E-state index contributed by atoms with van der Waals surface area (Å²) in [6.45, 7) is 1.67. The first-order valence-corrected chi connectivity index (χ1v) is 9.21. The molecule has 1 aromatic heterocycles. The van der Waals surface area contributed by atoms with Gasteiger partial charge >= 0.3 is 5.69 Å². The lowest BCUT2D eigenvalue weighted by atomic mass is 10.1. The first kappa shape index (κ1) is 19.5. The van der Waals surface area contributed by atoms with E-state index in [1.54, 1.807) is 36.4 Å². The molecule has 0 saturated carbocycles. The molecule has 0 N–H and O–H groups in total. The van der Waals surface area contributed by atoms with E-state index in [0.29, 0.717) is 22.4 Å². The minimum atomic E-state index is -0.805. The molecule has 0 amide bonds. The molecule has 0 saturated heterocycles. The summed E-state index contributed by atoms with van der Waals surface area (Å²) in [4.78, 5) is 12.2. The van der Waals surface area contributed by atoms with Gasteiger partial charge in [-0.25, -0.2) is 13.6 Å². The van der Waals surface area contributed by atoms with Crippen molar-refractivity contribution >= 4 is 0 Å². The maximum absolute atomic E-state index is 14.6. The van der Waals surface area contributed by atoms with Crippen molar-refractivity contribution in [1.82, 2.24) is 19.8 Å². The van der Waals surface area contributed by atoms with Crippen molar-refractivity contribution in [3.05, 3.63) is 93.9 Å². The van der Waals surface area contributed by atoms with Gasteiger partial charge in [0.1, 0.15) is 6.61 Å². The Labute approximate surface area is 170 Å². The van der Waals surface area contributed by atoms with Gasteiger partial charge in [0, 0.05) is 12.6 Å². The SMILES string of the molecule is Cc1cccc(-n2nnn(C)c2=O)c1COc1c(F)cc(-c2ccccc2)cc1F. The fourth-order valence-corrected chi connectivity index (χ4v) is 3.18. The molecule has 0 fully saturated rings. The molecule has 3 aromatic carbocycles. The van der Waals surface area contributed by atoms with Crippen molar-refractivity contribution in [3.63, 3.8) is 0 Å². The van der Waals surface area contributed by atoms with Gasteiger partial charge in [-0.15, -0.1) is 0 Å². The molecule has 0 radical (unpaired) electrons. The molecule has 0 atom stereocenters. The minimum Gasteiger partial charge on any atom is -0.483 e. The molecular weight excluding hydrogens is 390 g/mol. The second kappa shape index (κ2) is 7.90. The highest BCUT2D eigenvalue weighted by Crippen LogP contribution is 2.30. The van der Waals surface area contributed by atoms with Crippen molar-refractivity contribution in [1.29, 1.82) is 0 Å². The van der Waals surface area contributed by atoms with Crippen molar-refractivity contribution < 1.29 is 13.5 Å². The van der Waals surface area contributed by atoms with Crippen LogP contribution >= 0.6 is 0 Å². The van der Waals surface area contributed by atoms with Gasteiger partial charge in [0.2, 0.25) is 0 Å². The van der Waals surface area contributed by atoms with E-state index in [4.69, 9.17) is 4.74 Å². The number of aromatic nitrogens is 4. The van der Waals surface area contributed by atoms with E-state index in [2.05, 4.69) is 10.4 Å². The molecule has 1 heterocycles. The van der Waals surface area contributed by atoms with Crippen molar-refractivity contribution in [2.75, 3.05) is 0 Å². The predicted octanol–water partition coefficient (Wildman–Crippen LogP) is 3.80. The average Bonchev–Trinajstić information content (AvgIpc) is 3.07. The Kier molecular flexibility index (Phi) is 5.14. The first-order chi connectivity index (χ1) is 14.5. The van der Waals surface area contributed by atoms with Crippen LogP contribution in [-0.2, 0) is 13.7 Å². The summed E-state index contributed by atoms with van der Waals surface area (Å²) in [7, 11) is 1.48. The largest absolute Gasteiger partial charge is 0.483 e. The number of hydrogen-bond donors (Lipinski definition) is 0. The number of ether oxygens (including phenoxy) is 1. The molecule has 0 aliphatic rings. The summed E-state index contributed by atoms with van der Waals surface area (Å²) < 4.78 is 37.0. The van der Waals surface area contributed by atoms with Crippen LogP contribution in [0, 0.1) is 18.6 Å². The van der Waals surface area contributed by atoms with Crippen LogP contribution in [0.4, 0.5) is 8.78 Å². The van der Waals surface area contributed by atoms with Crippen LogP contribution in [-0.4, -0.2) is 19.8 Å². The van der Waals surface area contributed by atoms with Gasteiger partial charge in [-0.1, -0.05) is 42.5 Å². The van der Waals surface area contributed by atoms with Gasteiger partial charge in [-0.05, 0) is 52.2 Å². The van der Waals surface area contributed by atoms with Crippen molar-refractivity contribution in [2.45, 2.75) is 13.5 Å². The second-order valence-electron chi connectivity index (χ2n) is 6.79. The summed E-state index contributed by atoms with van der Waals surface area (Å²) in [6.07, 6.45) is 0. The number of nitrogens with zero attached hydrogens (tertiary/aromatic N) is 4. The Morgan fingerprint density at radius 2 is 1.63 bits per heavy atom. The van der Waals surface area contributed by atoms with E-state index in [1.807, 2.05) is 19.1 Å². The zero-order chi connectivity index (χ0) is 21.3. The minimum absolute atomic E-state index is 0.149. The summed E-state index contributed by atoms with van der Waals surface area (Å²) in [5.74, 6) is -2.09. The van der Waals surface area contributed by atoms with Crippen LogP contribution in [0.3, 0.4) is 0 Å². The number of benzene rings is 3. The normalized spacial score (nSPS) is 10.9. The summed E-state index contributed by atoms with van der Waals surface area (Å²) >= 11 is 0. The van der Waals surface area contributed by atoms with E-state index in [-0.39, 0.29) is 6.61 Å². The van der Waals surface area contributed by atoms with Gasteiger partial charge < -0.3 is 4.74 Å². The van der Waals surface area contributed by atoms with Gasteiger partial charge in [-0.2, -0.15) is 9.36 Å². The third-order valence-corrected chi connectivity index (χ3v) is 4.80. The number of tetrazole rings is 1. The molecule has 0 aliphatic heterocycles. The smallest absolute Gasteiger partial charge is 0.368 e. The van der Waals surface area contributed by atoms with Crippen LogP contribution in [0.1, 0.15) is 11.1 Å². The highest BCUT2D eigenvalue weighted by Gasteiger charge is 2.17. The lowest BCUT2D eigenvalue weighted by molar-refractivity contribution is 0.273. The Morgan fingerprint density at radius 1 is 0.933 bits per heavy atom. The third kappa shape index (κ3) is 3.59. The predicted molar refractivity (Wildman–Crippen MR) is 107 cm³/mol. The van der Waals surface area contributed by atoms with Gasteiger partial charge in [0.15, 0.2) is 17.4 Å². The van der Waals surface area contributed by atoms with E-state index in [1.165, 1.54) is 19.2 Å².